The van der Waals surface area contributed by atoms with Gasteiger partial charge in [-0.15, -0.1) is 0 Å². The van der Waals surface area contributed by atoms with Crippen molar-refractivity contribution in [1.29, 1.82) is 0 Å². The quantitative estimate of drug-likeness (QED) is 0.358. The molecule has 11 heteroatoms. The van der Waals surface area contributed by atoms with E-state index in [2.05, 4.69) is 0 Å². The van der Waals surface area contributed by atoms with Crippen LogP contribution in [0.1, 0.15) is 48.7 Å². The molecule has 11 nitrogen and oxygen atoms in total. The fourth-order valence-corrected chi connectivity index (χ4v) is 6.53. The Morgan fingerprint density at radius 1 is 1.24 bits per heavy atom. The highest BCUT2D eigenvalue weighted by Crippen LogP contribution is 2.53. The molecule has 0 bridgehead atoms. The largest absolute Gasteiger partial charge is 0.504 e. The molecule has 4 aliphatic heterocycles. The van der Waals surface area contributed by atoms with Gasteiger partial charge in [0, 0.05) is 36.8 Å². The lowest BCUT2D eigenvalue weighted by atomic mass is 9.82. The van der Waals surface area contributed by atoms with Crippen molar-refractivity contribution >= 4 is 17.3 Å². The standard InChI is InChI=1S/C26H27NO10/c1-5-14-19-17-11(6-9(2)27(19)8-15(29)36-14)16-12(20(17)30)7-13(28)18-23(21(16)31)37-25-26(18,33)24(32)22(34-4)10(3)35-25/h6-7,10,14,19,22,24-25,31-33H,5,8H2,1-4H3/p+1/t10-,14-,19?,22-,24-,25+,26-/m1/s1. The number of fused-ring (bicyclic) bond motifs is 7. The fraction of sp³-hybridized carbons (Fsp3) is 0.500. The fourth-order valence-electron chi connectivity index (χ4n) is 6.53. The van der Waals surface area contributed by atoms with Gasteiger partial charge in [0.2, 0.25) is 6.29 Å². The third-order valence-electron chi connectivity index (χ3n) is 8.28. The van der Waals surface area contributed by atoms with Crippen LogP contribution in [0.2, 0.25) is 0 Å². The van der Waals surface area contributed by atoms with Gasteiger partial charge in [0.1, 0.15) is 17.9 Å². The molecule has 0 saturated carbocycles. The molecule has 0 spiro atoms. The van der Waals surface area contributed by atoms with Gasteiger partial charge in [-0.1, -0.05) is 6.92 Å². The van der Waals surface area contributed by atoms with Gasteiger partial charge in [0.25, 0.3) is 0 Å². The van der Waals surface area contributed by atoms with E-state index in [-0.39, 0.29) is 29.4 Å². The van der Waals surface area contributed by atoms with Gasteiger partial charge < -0.3 is 34.3 Å². The van der Waals surface area contributed by atoms with Crippen molar-refractivity contribution in [3.05, 3.63) is 50.3 Å². The van der Waals surface area contributed by atoms with Crippen LogP contribution in [-0.4, -0.2) is 77.5 Å². The molecule has 2 saturated heterocycles. The van der Waals surface area contributed by atoms with Crippen LogP contribution >= 0.6 is 0 Å². The lowest BCUT2D eigenvalue weighted by molar-refractivity contribution is -0.884. The number of aromatic hydroxyl groups is 1. The van der Waals surface area contributed by atoms with Crippen molar-refractivity contribution in [2.75, 3.05) is 13.7 Å². The smallest absolute Gasteiger partial charge is 0.362 e. The monoisotopic (exact) mass is 514 g/mol. The first kappa shape index (κ1) is 24.3. The Labute approximate surface area is 211 Å². The number of methoxy groups -OCH3 is 1. The molecule has 0 aromatic heterocycles. The van der Waals surface area contributed by atoms with Crippen LogP contribution in [0, 0.1) is 0 Å². The lowest BCUT2D eigenvalue weighted by Gasteiger charge is -2.44. The van der Waals surface area contributed by atoms with Crippen molar-refractivity contribution in [3.63, 3.8) is 0 Å². The third-order valence-corrected chi connectivity index (χ3v) is 8.28. The van der Waals surface area contributed by atoms with E-state index in [1.165, 1.54) is 7.11 Å². The number of hydrogen-bond acceptors (Lipinski definition) is 10. The molecule has 1 aromatic carbocycles. The minimum absolute atomic E-state index is 0.0504. The summed E-state index contributed by atoms with van der Waals surface area (Å²) in [4.78, 5) is 40.3. The van der Waals surface area contributed by atoms with E-state index < -0.39 is 64.9 Å². The van der Waals surface area contributed by atoms with Gasteiger partial charge in [-0.25, -0.2) is 4.79 Å². The summed E-state index contributed by atoms with van der Waals surface area (Å²) in [6, 6.07) is 0.556. The van der Waals surface area contributed by atoms with Crippen LogP contribution in [0.5, 0.6) is 11.5 Å². The number of allylic oxidation sites excluding steroid dienone is 3. The van der Waals surface area contributed by atoms with Crippen molar-refractivity contribution in [1.82, 2.24) is 0 Å². The Balaban J connectivity index is 1.58. The highest BCUT2D eigenvalue weighted by molar-refractivity contribution is 6.23. The van der Waals surface area contributed by atoms with Crippen molar-refractivity contribution < 1.29 is 48.8 Å². The third kappa shape index (κ3) is 2.97. The second-order valence-corrected chi connectivity index (χ2v) is 10.2. The summed E-state index contributed by atoms with van der Waals surface area (Å²) in [5.74, 6) is -1.70. The zero-order chi connectivity index (χ0) is 26.5. The van der Waals surface area contributed by atoms with Crippen molar-refractivity contribution in [2.45, 2.75) is 69.5 Å². The number of aliphatic hydroxyl groups is 2. The molecule has 1 aromatic rings. The molecule has 37 heavy (non-hydrogen) atoms. The number of ether oxygens (including phenoxy) is 4. The minimum Gasteiger partial charge on any atom is -0.504 e. The highest BCUT2D eigenvalue weighted by Gasteiger charge is 2.63. The first-order chi connectivity index (χ1) is 17.5. The molecule has 5 aliphatic rings. The SMILES string of the molecule is CC[C@H]1OC(=O)C[NH+]2C(C)=CC3=C(C(=O)c4cc(=O)c5c(c(O)c43)O[C@@H]3O[C@H](C)[C@@H](OC)[C@@H](O)[C@]53O)C12. The first-order valence-electron chi connectivity index (χ1n) is 12.3. The van der Waals surface area contributed by atoms with Gasteiger partial charge >= 0.3 is 5.97 Å². The van der Waals surface area contributed by atoms with E-state index in [0.717, 1.165) is 16.7 Å². The van der Waals surface area contributed by atoms with E-state index in [0.29, 0.717) is 17.6 Å². The van der Waals surface area contributed by atoms with E-state index in [1.54, 1.807) is 13.0 Å². The number of morpholine rings is 1. The van der Waals surface area contributed by atoms with E-state index >= 15 is 0 Å². The van der Waals surface area contributed by atoms with Crippen LogP contribution in [0.15, 0.2) is 28.2 Å². The summed E-state index contributed by atoms with van der Waals surface area (Å²) in [6.07, 6.45) is -3.13. The van der Waals surface area contributed by atoms with Crippen LogP contribution in [0.3, 0.4) is 0 Å². The molecule has 2 fully saturated rings. The molecule has 4 heterocycles. The Morgan fingerprint density at radius 3 is 2.65 bits per heavy atom. The number of cyclic esters (lactones) is 1. The predicted octanol–water partition coefficient (Wildman–Crippen LogP) is -1.09. The Morgan fingerprint density at radius 2 is 1.97 bits per heavy atom. The molecule has 2 unspecified atom stereocenters. The van der Waals surface area contributed by atoms with Crippen LogP contribution < -0.4 is 15.1 Å². The van der Waals surface area contributed by atoms with E-state index in [1.807, 2.05) is 13.8 Å². The number of quaternary nitrogens is 1. The van der Waals surface area contributed by atoms with Crippen LogP contribution in [0.25, 0.3) is 5.57 Å². The van der Waals surface area contributed by atoms with E-state index in [9.17, 15) is 29.7 Å². The van der Waals surface area contributed by atoms with Crippen LogP contribution in [-0.2, 0) is 24.6 Å². The molecule has 4 N–H and O–H groups in total. The first-order valence-corrected chi connectivity index (χ1v) is 12.3. The lowest BCUT2D eigenvalue weighted by Crippen LogP contribution is -3.18. The number of aliphatic hydroxyl groups excluding tert-OH is 1. The number of rotatable bonds is 2. The Bertz CT molecular complexity index is 1380. The summed E-state index contributed by atoms with van der Waals surface area (Å²) in [5, 5.41) is 34.1. The van der Waals surface area contributed by atoms with Gasteiger partial charge in [-0.2, -0.15) is 0 Å². The summed E-state index contributed by atoms with van der Waals surface area (Å²) in [6.45, 7) is 5.36. The Kier molecular flexibility index (Phi) is 5.21. The minimum atomic E-state index is -2.34. The van der Waals surface area contributed by atoms with E-state index in [4.69, 9.17) is 18.9 Å². The number of carbonyl (C=O) groups is 2. The topological polar surface area (TPSA) is 153 Å². The highest BCUT2D eigenvalue weighted by atomic mass is 16.7. The van der Waals surface area contributed by atoms with Gasteiger partial charge in [-0.3, -0.25) is 14.5 Å². The number of nitrogens with one attached hydrogen (secondary N) is 1. The van der Waals surface area contributed by atoms with Gasteiger partial charge in [0.05, 0.1) is 17.2 Å². The number of esters is 1. The number of hydrogen-bond donors (Lipinski definition) is 4. The second-order valence-electron chi connectivity index (χ2n) is 10.2. The second kappa shape index (κ2) is 7.95. The summed E-state index contributed by atoms with van der Waals surface area (Å²) < 4.78 is 22.4. The summed E-state index contributed by atoms with van der Waals surface area (Å²) in [7, 11) is 1.34. The van der Waals surface area contributed by atoms with Gasteiger partial charge in [-0.05, 0) is 19.4 Å². The predicted molar refractivity (Wildman–Crippen MR) is 125 cm³/mol. The van der Waals surface area contributed by atoms with Gasteiger partial charge in [0.15, 0.2) is 47.0 Å². The maximum Gasteiger partial charge on any atom is 0.362 e. The maximum absolute atomic E-state index is 13.8. The molecular formula is C26H28NO10+. The van der Waals surface area contributed by atoms with Crippen molar-refractivity contribution in [2.24, 2.45) is 0 Å². The molecule has 0 amide bonds. The van der Waals surface area contributed by atoms with Crippen molar-refractivity contribution in [3.8, 4) is 11.5 Å². The average molecular weight is 515 g/mol. The molecule has 1 aliphatic carbocycles. The number of carbonyl (C=O) groups excluding carboxylic acids is 2. The summed E-state index contributed by atoms with van der Waals surface area (Å²) >= 11 is 0. The zero-order valence-electron chi connectivity index (χ0n) is 20.7. The number of Topliss-reactive ketones (excluding diaryl/α,β-unsaturated/α-hetero) is 1. The molecule has 0 radical (unpaired) electrons. The molecule has 196 valence electrons. The zero-order valence-corrected chi connectivity index (χ0v) is 20.7. The molecular weight excluding hydrogens is 486 g/mol. The normalized spacial score (nSPS) is 37.6. The summed E-state index contributed by atoms with van der Waals surface area (Å²) in [5.41, 5.74) is -1.97. The Hall–Kier alpha value is -3.09. The molecule has 6 rings (SSSR count). The van der Waals surface area contributed by atoms with Crippen LogP contribution in [0.4, 0.5) is 0 Å². The molecule has 8 atom stereocenters. The maximum atomic E-state index is 13.8. The number of ketones is 1. The average Bonchev–Trinajstić information content (AvgIpc) is 3.26.